The minimum Gasteiger partial charge on any atom is -0.351 e. The Labute approximate surface area is 107 Å². The van der Waals surface area contributed by atoms with Crippen molar-refractivity contribution in [1.82, 2.24) is 15.4 Å². The fourth-order valence-corrected chi connectivity index (χ4v) is 3.13. The lowest BCUT2D eigenvalue weighted by Gasteiger charge is -2.32. The largest absolute Gasteiger partial charge is 0.351 e. The van der Waals surface area contributed by atoms with Crippen molar-refractivity contribution in [1.29, 1.82) is 0 Å². The lowest BCUT2D eigenvalue weighted by molar-refractivity contribution is 0.0878. The Balaban J connectivity index is 1.64. The summed E-state index contributed by atoms with van der Waals surface area (Å²) < 4.78 is 5.00. The van der Waals surface area contributed by atoms with E-state index in [0.717, 1.165) is 18.7 Å². The van der Waals surface area contributed by atoms with Crippen LogP contribution in [-0.2, 0) is 0 Å². The van der Waals surface area contributed by atoms with Crippen LogP contribution in [0.5, 0.6) is 0 Å². The Morgan fingerprint density at radius 3 is 3.11 bits per heavy atom. The SMILES string of the molecule is Cc1cc(C(=O)N[C@@H]2CCN3CCCC[C@@H]23)on1. The second-order valence-corrected chi connectivity index (χ2v) is 5.30. The van der Waals surface area contributed by atoms with Gasteiger partial charge in [0.1, 0.15) is 0 Å². The first-order chi connectivity index (χ1) is 8.74. The number of aryl methyl sites for hydroxylation is 1. The first kappa shape index (κ1) is 11.7. The summed E-state index contributed by atoms with van der Waals surface area (Å²) in [4.78, 5) is 14.5. The third-order valence-electron chi connectivity index (χ3n) is 4.02. The quantitative estimate of drug-likeness (QED) is 0.859. The standard InChI is InChI=1S/C13H19N3O2/c1-9-8-12(18-15-9)13(17)14-10-5-7-16-6-3-2-4-11(10)16/h8,10-11H,2-7H2,1H3,(H,14,17)/t10-,11+/m1/s1. The predicted molar refractivity (Wildman–Crippen MR) is 66.3 cm³/mol. The van der Waals surface area contributed by atoms with E-state index < -0.39 is 0 Å². The minimum absolute atomic E-state index is 0.131. The molecule has 0 bridgehead atoms. The van der Waals surface area contributed by atoms with E-state index in [4.69, 9.17) is 4.52 Å². The number of carbonyl (C=O) groups is 1. The molecule has 1 amide bonds. The Kier molecular flexibility index (Phi) is 3.07. The topological polar surface area (TPSA) is 58.4 Å². The van der Waals surface area contributed by atoms with Gasteiger partial charge >= 0.3 is 0 Å². The molecule has 1 aromatic rings. The molecule has 0 spiro atoms. The maximum atomic E-state index is 12.0. The molecule has 1 aromatic heterocycles. The van der Waals surface area contributed by atoms with Gasteiger partial charge in [0, 0.05) is 24.7 Å². The number of fused-ring (bicyclic) bond motifs is 1. The van der Waals surface area contributed by atoms with E-state index in [1.54, 1.807) is 6.07 Å². The molecule has 0 saturated carbocycles. The molecule has 5 heteroatoms. The van der Waals surface area contributed by atoms with Crippen LogP contribution in [0, 0.1) is 6.92 Å². The van der Waals surface area contributed by atoms with E-state index in [-0.39, 0.29) is 11.9 Å². The van der Waals surface area contributed by atoms with Crippen molar-refractivity contribution in [2.24, 2.45) is 0 Å². The number of aromatic nitrogens is 1. The number of carbonyl (C=O) groups excluding carboxylic acids is 1. The molecule has 3 heterocycles. The molecule has 0 aromatic carbocycles. The molecular formula is C13H19N3O2. The molecule has 1 N–H and O–H groups in total. The first-order valence-corrected chi connectivity index (χ1v) is 6.72. The van der Waals surface area contributed by atoms with E-state index in [2.05, 4.69) is 15.4 Å². The first-order valence-electron chi connectivity index (χ1n) is 6.72. The number of nitrogens with one attached hydrogen (secondary N) is 1. The summed E-state index contributed by atoms with van der Waals surface area (Å²) in [6.07, 6.45) is 4.80. The Morgan fingerprint density at radius 2 is 2.33 bits per heavy atom. The van der Waals surface area contributed by atoms with E-state index in [1.807, 2.05) is 6.92 Å². The highest BCUT2D eigenvalue weighted by Crippen LogP contribution is 2.27. The Hall–Kier alpha value is -1.36. The van der Waals surface area contributed by atoms with Crippen LogP contribution in [0.15, 0.2) is 10.6 Å². The monoisotopic (exact) mass is 249 g/mol. The van der Waals surface area contributed by atoms with Crippen molar-refractivity contribution < 1.29 is 9.32 Å². The molecule has 5 nitrogen and oxygen atoms in total. The van der Waals surface area contributed by atoms with E-state index in [9.17, 15) is 4.79 Å². The van der Waals surface area contributed by atoms with Crippen molar-refractivity contribution in [3.63, 3.8) is 0 Å². The summed E-state index contributed by atoms with van der Waals surface area (Å²) in [6, 6.07) is 2.47. The second kappa shape index (κ2) is 4.72. The second-order valence-electron chi connectivity index (χ2n) is 5.30. The van der Waals surface area contributed by atoms with Crippen LogP contribution in [0.4, 0.5) is 0 Å². The van der Waals surface area contributed by atoms with Gasteiger partial charge in [-0.05, 0) is 32.7 Å². The third kappa shape index (κ3) is 2.14. The summed E-state index contributed by atoms with van der Waals surface area (Å²) in [6.45, 7) is 4.10. The summed E-state index contributed by atoms with van der Waals surface area (Å²) in [5.41, 5.74) is 0.742. The molecule has 0 aliphatic carbocycles. The van der Waals surface area contributed by atoms with Gasteiger partial charge in [-0.3, -0.25) is 9.69 Å². The van der Waals surface area contributed by atoms with E-state index in [1.165, 1.54) is 25.8 Å². The van der Waals surface area contributed by atoms with Gasteiger partial charge in [0.25, 0.3) is 5.91 Å². The van der Waals surface area contributed by atoms with Crippen LogP contribution in [0.2, 0.25) is 0 Å². The van der Waals surface area contributed by atoms with Crippen LogP contribution in [0.3, 0.4) is 0 Å². The Morgan fingerprint density at radius 1 is 1.44 bits per heavy atom. The van der Waals surface area contributed by atoms with Gasteiger partial charge in [0.2, 0.25) is 5.76 Å². The van der Waals surface area contributed by atoms with Crippen LogP contribution in [0.25, 0.3) is 0 Å². The number of rotatable bonds is 2. The van der Waals surface area contributed by atoms with Crippen LogP contribution >= 0.6 is 0 Å². The lowest BCUT2D eigenvalue weighted by atomic mass is 9.99. The van der Waals surface area contributed by atoms with Gasteiger partial charge in [-0.2, -0.15) is 0 Å². The minimum atomic E-state index is -0.131. The molecule has 2 atom stereocenters. The highest BCUT2D eigenvalue weighted by Gasteiger charge is 2.36. The molecule has 98 valence electrons. The van der Waals surface area contributed by atoms with Gasteiger partial charge < -0.3 is 9.84 Å². The maximum Gasteiger partial charge on any atom is 0.290 e. The van der Waals surface area contributed by atoms with Crippen LogP contribution in [0.1, 0.15) is 41.9 Å². The lowest BCUT2D eigenvalue weighted by Crippen LogP contribution is -2.46. The number of nitrogens with zero attached hydrogens (tertiary/aromatic N) is 2. The van der Waals surface area contributed by atoms with Crippen molar-refractivity contribution in [2.75, 3.05) is 13.1 Å². The van der Waals surface area contributed by atoms with E-state index in [0.29, 0.717) is 11.8 Å². The summed E-state index contributed by atoms with van der Waals surface area (Å²) in [5, 5.41) is 6.84. The van der Waals surface area contributed by atoms with Crippen molar-refractivity contribution in [3.05, 3.63) is 17.5 Å². The molecule has 2 saturated heterocycles. The molecule has 2 fully saturated rings. The molecule has 3 rings (SSSR count). The van der Waals surface area contributed by atoms with E-state index >= 15 is 0 Å². The highest BCUT2D eigenvalue weighted by atomic mass is 16.5. The van der Waals surface area contributed by atoms with Crippen molar-refractivity contribution in [2.45, 2.75) is 44.7 Å². The zero-order valence-corrected chi connectivity index (χ0v) is 10.7. The fourth-order valence-electron chi connectivity index (χ4n) is 3.13. The summed E-state index contributed by atoms with van der Waals surface area (Å²) >= 11 is 0. The van der Waals surface area contributed by atoms with Gasteiger partial charge in [-0.25, -0.2) is 0 Å². The van der Waals surface area contributed by atoms with Crippen LogP contribution in [-0.4, -0.2) is 41.1 Å². The average molecular weight is 249 g/mol. The normalized spacial score (nSPS) is 28.1. The molecular weight excluding hydrogens is 230 g/mol. The number of hydrogen-bond donors (Lipinski definition) is 1. The summed E-state index contributed by atoms with van der Waals surface area (Å²) in [7, 11) is 0. The third-order valence-corrected chi connectivity index (χ3v) is 4.02. The molecule has 2 aliphatic rings. The van der Waals surface area contributed by atoms with Gasteiger partial charge in [0.15, 0.2) is 0 Å². The van der Waals surface area contributed by atoms with Gasteiger partial charge in [-0.15, -0.1) is 0 Å². The van der Waals surface area contributed by atoms with Crippen molar-refractivity contribution >= 4 is 5.91 Å². The summed E-state index contributed by atoms with van der Waals surface area (Å²) in [5.74, 6) is 0.190. The predicted octanol–water partition coefficient (Wildman–Crippen LogP) is 1.34. The average Bonchev–Trinajstić information content (AvgIpc) is 2.97. The van der Waals surface area contributed by atoms with Crippen molar-refractivity contribution in [3.8, 4) is 0 Å². The highest BCUT2D eigenvalue weighted by molar-refractivity contribution is 5.91. The van der Waals surface area contributed by atoms with Gasteiger partial charge in [-0.1, -0.05) is 11.6 Å². The molecule has 0 radical (unpaired) electrons. The molecule has 18 heavy (non-hydrogen) atoms. The zero-order chi connectivity index (χ0) is 12.5. The van der Waals surface area contributed by atoms with Gasteiger partial charge in [0.05, 0.1) is 5.69 Å². The molecule has 2 aliphatic heterocycles. The maximum absolute atomic E-state index is 12.0. The smallest absolute Gasteiger partial charge is 0.290 e. The van der Waals surface area contributed by atoms with Crippen LogP contribution < -0.4 is 5.32 Å². The zero-order valence-electron chi connectivity index (χ0n) is 10.7. The fraction of sp³-hybridized carbons (Fsp3) is 0.692. The molecule has 0 unspecified atom stereocenters. The number of hydrogen-bond acceptors (Lipinski definition) is 4. The number of amides is 1. The Bertz CT molecular complexity index is 443. The number of piperidine rings is 1.